The molecule has 74 valence electrons. The zero-order chi connectivity index (χ0) is 10.1. The van der Waals surface area contributed by atoms with Gasteiger partial charge in [-0.3, -0.25) is 4.68 Å². The zero-order valence-corrected chi connectivity index (χ0v) is 10.0. The van der Waals surface area contributed by atoms with Gasteiger partial charge in [0.25, 0.3) is 0 Å². The topological polar surface area (TPSA) is 43.8 Å². The van der Waals surface area contributed by atoms with Gasteiger partial charge in [-0.05, 0) is 34.1 Å². The molecule has 5 heteroatoms. The van der Waals surface area contributed by atoms with E-state index in [-0.39, 0.29) is 6.04 Å². The second-order valence-electron chi connectivity index (χ2n) is 3.00. The highest BCUT2D eigenvalue weighted by Crippen LogP contribution is 2.29. The molecule has 0 aromatic carbocycles. The largest absolute Gasteiger partial charge is 0.318 e. The molecule has 0 aliphatic rings. The highest BCUT2D eigenvalue weighted by molar-refractivity contribution is 9.11. The number of thiophene rings is 1. The summed E-state index contributed by atoms with van der Waals surface area (Å²) in [5, 5.41) is 4.10. The van der Waals surface area contributed by atoms with Crippen LogP contribution in [0.3, 0.4) is 0 Å². The van der Waals surface area contributed by atoms with Crippen molar-refractivity contribution in [1.82, 2.24) is 9.78 Å². The lowest BCUT2D eigenvalue weighted by Gasteiger charge is -2.09. The Balaban J connectivity index is 2.33. The van der Waals surface area contributed by atoms with Crippen molar-refractivity contribution in [2.75, 3.05) is 0 Å². The highest BCUT2D eigenvalue weighted by Gasteiger charge is 2.13. The summed E-state index contributed by atoms with van der Waals surface area (Å²) < 4.78 is 2.91. The van der Waals surface area contributed by atoms with Gasteiger partial charge in [-0.1, -0.05) is 0 Å². The standard InChI is InChI=1S/C9H10BrN3S/c1-13-6(4-5-12-13)9(11)7-2-3-8(10)14-7/h2-5,9H,11H2,1H3. The predicted molar refractivity (Wildman–Crippen MR) is 61.3 cm³/mol. The van der Waals surface area contributed by atoms with Gasteiger partial charge in [-0.25, -0.2) is 0 Å². The van der Waals surface area contributed by atoms with Gasteiger partial charge < -0.3 is 5.73 Å². The minimum Gasteiger partial charge on any atom is -0.318 e. The third-order valence-corrected chi connectivity index (χ3v) is 3.78. The van der Waals surface area contributed by atoms with Crippen LogP contribution in [-0.2, 0) is 7.05 Å². The second-order valence-corrected chi connectivity index (χ2v) is 5.49. The van der Waals surface area contributed by atoms with Crippen LogP contribution in [0.1, 0.15) is 16.6 Å². The van der Waals surface area contributed by atoms with Crippen molar-refractivity contribution < 1.29 is 0 Å². The molecule has 2 heterocycles. The molecule has 0 radical (unpaired) electrons. The molecule has 0 bridgehead atoms. The Morgan fingerprint density at radius 1 is 1.50 bits per heavy atom. The zero-order valence-electron chi connectivity index (χ0n) is 7.64. The van der Waals surface area contributed by atoms with E-state index >= 15 is 0 Å². The van der Waals surface area contributed by atoms with Gasteiger partial charge in [-0.2, -0.15) is 5.10 Å². The van der Waals surface area contributed by atoms with Crippen LogP contribution in [0.15, 0.2) is 28.2 Å². The SMILES string of the molecule is Cn1nccc1C(N)c1ccc(Br)s1. The first kappa shape index (κ1) is 9.89. The van der Waals surface area contributed by atoms with E-state index in [1.807, 2.05) is 25.2 Å². The number of aromatic nitrogens is 2. The van der Waals surface area contributed by atoms with Crippen molar-refractivity contribution in [1.29, 1.82) is 0 Å². The van der Waals surface area contributed by atoms with Crippen molar-refractivity contribution in [3.63, 3.8) is 0 Å². The van der Waals surface area contributed by atoms with Crippen LogP contribution < -0.4 is 5.73 Å². The molecule has 14 heavy (non-hydrogen) atoms. The van der Waals surface area contributed by atoms with Crippen LogP contribution >= 0.6 is 27.3 Å². The molecule has 0 spiro atoms. The average molecular weight is 272 g/mol. The van der Waals surface area contributed by atoms with Crippen LogP contribution in [0, 0.1) is 0 Å². The molecule has 2 N–H and O–H groups in total. The Morgan fingerprint density at radius 3 is 2.79 bits per heavy atom. The number of nitrogens with zero attached hydrogens (tertiary/aromatic N) is 2. The molecule has 1 unspecified atom stereocenters. The summed E-state index contributed by atoms with van der Waals surface area (Å²) in [6.07, 6.45) is 1.76. The van der Waals surface area contributed by atoms with E-state index < -0.39 is 0 Å². The van der Waals surface area contributed by atoms with Crippen molar-refractivity contribution in [2.24, 2.45) is 12.8 Å². The molecule has 0 saturated heterocycles. The molecule has 0 aliphatic carbocycles. The monoisotopic (exact) mass is 271 g/mol. The number of halogens is 1. The molecule has 1 atom stereocenters. The Hall–Kier alpha value is -0.650. The lowest BCUT2D eigenvalue weighted by molar-refractivity contribution is 0.678. The minimum absolute atomic E-state index is 0.0844. The normalized spacial score (nSPS) is 13.1. The maximum Gasteiger partial charge on any atom is 0.0817 e. The van der Waals surface area contributed by atoms with Gasteiger partial charge in [0.1, 0.15) is 0 Å². The van der Waals surface area contributed by atoms with Crippen molar-refractivity contribution in [3.8, 4) is 0 Å². The summed E-state index contributed by atoms with van der Waals surface area (Å²) in [5.41, 5.74) is 7.13. The molecule has 0 saturated carbocycles. The molecule has 2 aromatic rings. The van der Waals surface area contributed by atoms with Gasteiger partial charge in [0, 0.05) is 18.1 Å². The first-order chi connectivity index (χ1) is 6.68. The lowest BCUT2D eigenvalue weighted by Crippen LogP contribution is -2.14. The molecule has 0 amide bonds. The third-order valence-electron chi connectivity index (χ3n) is 2.08. The number of rotatable bonds is 2. The van der Waals surface area contributed by atoms with Crippen LogP contribution in [0.2, 0.25) is 0 Å². The van der Waals surface area contributed by atoms with Gasteiger partial charge in [-0.15, -0.1) is 11.3 Å². The molecular weight excluding hydrogens is 262 g/mol. The quantitative estimate of drug-likeness (QED) is 0.911. The van der Waals surface area contributed by atoms with E-state index in [0.717, 1.165) is 14.4 Å². The molecule has 3 nitrogen and oxygen atoms in total. The van der Waals surface area contributed by atoms with Gasteiger partial charge in [0.05, 0.1) is 15.5 Å². The summed E-state index contributed by atoms with van der Waals surface area (Å²) >= 11 is 5.08. The number of nitrogens with two attached hydrogens (primary N) is 1. The maximum atomic E-state index is 6.10. The first-order valence-corrected chi connectivity index (χ1v) is 5.78. The Kier molecular flexibility index (Phi) is 2.71. The van der Waals surface area contributed by atoms with E-state index in [1.54, 1.807) is 22.2 Å². The Labute approximate surface area is 94.7 Å². The van der Waals surface area contributed by atoms with Gasteiger partial charge in [0.2, 0.25) is 0 Å². The van der Waals surface area contributed by atoms with Crippen LogP contribution in [-0.4, -0.2) is 9.78 Å². The van der Waals surface area contributed by atoms with E-state index in [4.69, 9.17) is 5.73 Å². The predicted octanol–water partition coefficient (Wildman–Crippen LogP) is 2.29. The molecule has 2 aromatic heterocycles. The summed E-state index contributed by atoms with van der Waals surface area (Å²) in [7, 11) is 1.90. The molecular formula is C9H10BrN3S. The maximum absolute atomic E-state index is 6.10. The van der Waals surface area contributed by atoms with Crippen LogP contribution in [0.4, 0.5) is 0 Å². The van der Waals surface area contributed by atoms with E-state index in [0.29, 0.717) is 0 Å². The van der Waals surface area contributed by atoms with Gasteiger partial charge >= 0.3 is 0 Å². The van der Waals surface area contributed by atoms with Crippen LogP contribution in [0.5, 0.6) is 0 Å². The molecule has 2 rings (SSSR count). The van der Waals surface area contributed by atoms with Crippen molar-refractivity contribution in [2.45, 2.75) is 6.04 Å². The average Bonchev–Trinajstić information content (AvgIpc) is 2.73. The van der Waals surface area contributed by atoms with Gasteiger partial charge in [0.15, 0.2) is 0 Å². The van der Waals surface area contributed by atoms with Crippen molar-refractivity contribution >= 4 is 27.3 Å². The van der Waals surface area contributed by atoms with Crippen LogP contribution in [0.25, 0.3) is 0 Å². The lowest BCUT2D eigenvalue weighted by atomic mass is 10.2. The van der Waals surface area contributed by atoms with Crippen molar-refractivity contribution in [3.05, 3.63) is 38.8 Å². The summed E-state index contributed by atoms with van der Waals surface area (Å²) in [6, 6.07) is 5.90. The Morgan fingerprint density at radius 2 is 2.29 bits per heavy atom. The minimum atomic E-state index is -0.0844. The molecule has 0 fully saturated rings. The summed E-state index contributed by atoms with van der Waals surface area (Å²) in [6.45, 7) is 0. The van der Waals surface area contributed by atoms with E-state index in [1.165, 1.54) is 0 Å². The fourth-order valence-corrected chi connectivity index (χ4v) is 2.77. The number of hydrogen-bond donors (Lipinski definition) is 1. The first-order valence-electron chi connectivity index (χ1n) is 4.17. The third kappa shape index (κ3) is 1.75. The van der Waals surface area contributed by atoms with E-state index in [9.17, 15) is 0 Å². The fourth-order valence-electron chi connectivity index (χ4n) is 1.33. The molecule has 0 aliphatic heterocycles. The fraction of sp³-hybridized carbons (Fsp3) is 0.222. The smallest absolute Gasteiger partial charge is 0.0817 e. The van der Waals surface area contributed by atoms with E-state index in [2.05, 4.69) is 21.0 Å². The summed E-state index contributed by atoms with van der Waals surface area (Å²) in [4.78, 5) is 1.14. The highest BCUT2D eigenvalue weighted by atomic mass is 79.9. The Bertz CT molecular complexity index is 435. The number of aryl methyl sites for hydroxylation is 1. The summed E-state index contributed by atoms with van der Waals surface area (Å²) in [5.74, 6) is 0. The second kappa shape index (κ2) is 3.84. The number of hydrogen-bond acceptors (Lipinski definition) is 3.